The predicted octanol–water partition coefficient (Wildman–Crippen LogP) is 4.54. The summed E-state index contributed by atoms with van der Waals surface area (Å²) in [5, 5.41) is 0. The molecular weight excluding hydrogens is 244 g/mol. The van der Waals surface area contributed by atoms with E-state index in [-0.39, 0.29) is 5.92 Å². The molecule has 0 bridgehead atoms. The first-order valence-electron chi connectivity index (χ1n) is 7.38. The van der Waals surface area contributed by atoms with Crippen molar-refractivity contribution in [3.05, 3.63) is 70.8 Å². The molecule has 102 valence electrons. The van der Waals surface area contributed by atoms with Crippen molar-refractivity contribution in [1.82, 2.24) is 0 Å². The smallest absolute Gasteiger partial charge is 0.166 e. The van der Waals surface area contributed by atoms with Gasteiger partial charge in [-0.1, -0.05) is 61.0 Å². The minimum absolute atomic E-state index is 0.185. The van der Waals surface area contributed by atoms with Gasteiger partial charge in [-0.25, -0.2) is 0 Å². The number of rotatable bonds is 4. The van der Waals surface area contributed by atoms with Crippen molar-refractivity contribution < 1.29 is 4.79 Å². The first-order chi connectivity index (χ1) is 9.69. The van der Waals surface area contributed by atoms with Crippen LogP contribution in [0.1, 0.15) is 46.3 Å². The summed E-state index contributed by atoms with van der Waals surface area (Å²) >= 11 is 0. The van der Waals surface area contributed by atoms with E-state index in [1.54, 1.807) is 0 Å². The number of benzene rings is 2. The summed E-state index contributed by atoms with van der Waals surface area (Å²) in [5.74, 6) is 0.914. The van der Waals surface area contributed by atoms with Crippen LogP contribution in [0, 0.1) is 12.8 Å². The third kappa shape index (κ3) is 2.53. The zero-order valence-electron chi connectivity index (χ0n) is 12.1. The Hall–Kier alpha value is -1.89. The number of hydrogen-bond donors (Lipinski definition) is 0. The van der Waals surface area contributed by atoms with E-state index in [1.807, 2.05) is 12.1 Å². The molecule has 0 radical (unpaired) electrons. The molecular formula is C19H20O. The Morgan fingerprint density at radius 1 is 1.05 bits per heavy atom. The molecule has 2 aromatic carbocycles. The minimum atomic E-state index is 0.185. The van der Waals surface area contributed by atoms with E-state index in [1.165, 1.54) is 16.7 Å². The molecule has 1 fully saturated rings. The second-order valence-corrected chi connectivity index (χ2v) is 5.77. The summed E-state index contributed by atoms with van der Waals surface area (Å²) < 4.78 is 0. The van der Waals surface area contributed by atoms with Gasteiger partial charge in [0.2, 0.25) is 0 Å². The van der Waals surface area contributed by atoms with Gasteiger partial charge in [0, 0.05) is 11.5 Å². The van der Waals surface area contributed by atoms with Crippen molar-refractivity contribution in [3.8, 4) is 0 Å². The summed E-state index contributed by atoms with van der Waals surface area (Å²) in [4.78, 5) is 12.5. The first kappa shape index (κ1) is 13.1. The van der Waals surface area contributed by atoms with Gasteiger partial charge in [0.25, 0.3) is 0 Å². The topological polar surface area (TPSA) is 17.1 Å². The number of hydrogen-bond acceptors (Lipinski definition) is 1. The molecule has 0 aromatic heterocycles. The Morgan fingerprint density at radius 3 is 2.30 bits per heavy atom. The van der Waals surface area contributed by atoms with Gasteiger partial charge in [-0.2, -0.15) is 0 Å². The lowest BCUT2D eigenvalue weighted by Gasteiger charge is -2.03. The maximum Gasteiger partial charge on any atom is 0.166 e. The van der Waals surface area contributed by atoms with Crippen molar-refractivity contribution >= 4 is 5.78 Å². The second-order valence-electron chi connectivity index (χ2n) is 5.77. The highest BCUT2D eigenvalue weighted by molar-refractivity contribution is 6.00. The summed E-state index contributed by atoms with van der Waals surface area (Å²) in [5.41, 5.74) is 4.72. The predicted molar refractivity (Wildman–Crippen MR) is 82.2 cm³/mol. The van der Waals surface area contributed by atoms with Crippen LogP contribution in [0.5, 0.6) is 0 Å². The molecule has 2 atom stereocenters. The van der Waals surface area contributed by atoms with Crippen molar-refractivity contribution in [2.45, 2.75) is 32.6 Å². The molecule has 0 spiro atoms. The van der Waals surface area contributed by atoms with E-state index >= 15 is 0 Å². The first-order valence-corrected chi connectivity index (χ1v) is 7.38. The standard InChI is InChI=1S/C19H20O/c1-3-14-6-10-16(11-7-14)19(20)18-12-17(18)15-8-4-13(2)5-9-15/h4-11,17-18H,3,12H2,1-2H3. The minimum Gasteiger partial charge on any atom is -0.294 e. The summed E-state index contributed by atoms with van der Waals surface area (Å²) in [6.07, 6.45) is 2.02. The maximum absolute atomic E-state index is 12.5. The quantitative estimate of drug-likeness (QED) is 0.741. The van der Waals surface area contributed by atoms with Crippen molar-refractivity contribution in [2.75, 3.05) is 0 Å². The lowest BCUT2D eigenvalue weighted by molar-refractivity contribution is 0.0965. The van der Waals surface area contributed by atoms with Gasteiger partial charge >= 0.3 is 0 Å². The monoisotopic (exact) mass is 264 g/mol. The fourth-order valence-electron chi connectivity index (χ4n) is 2.79. The number of aryl methyl sites for hydroxylation is 2. The fraction of sp³-hybridized carbons (Fsp3) is 0.316. The molecule has 0 amide bonds. The van der Waals surface area contributed by atoms with Gasteiger partial charge in [-0.3, -0.25) is 4.79 Å². The second kappa shape index (κ2) is 5.24. The molecule has 3 rings (SSSR count). The van der Waals surface area contributed by atoms with Gasteiger partial charge in [0.1, 0.15) is 0 Å². The van der Waals surface area contributed by atoms with Crippen LogP contribution in [-0.4, -0.2) is 5.78 Å². The maximum atomic E-state index is 12.5. The molecule has 1 heteroatoms. The van der Waals surface area contributed by atoms with Gasteiger partial charge in [0.15, 0.2) is 5.78 Å². The lowest BCUT2D eigenvalue weighted by atomic mass is 10.0. The Morgan fingerprint density at radius 2 is 1.70 bits per heavy atom. The van der Waals surface area contributed by atoms with Gasteiger partial charge in [-0.05, 0) is 36.8 Å². The van der Waals surface area contributed by atoms with Crippen molar-refractivity contribution in [1.29, 1.82) is 0 Å². The summed E-state index contributed by atoms with van der Waals surface area (Å²) in [7, 11) is 0. The highest BCUT2D eigenvalue weighted by Gasteiger charge is 2.43. The average Bonchev–Trinajstić information content (AvgIpc) is 3.28. The van der Waals surface area contributed by atoms with E-state index in [4.69, 9.17) is 0 Å². The zero-order chi connectivity index (χ0) is 14.1. The molecule has 0 saturated heterocycles. The number of Topliss-reactive ketones (excluding diaryl/α,β-unsaturated/α-hetero) is 1. The van der Waals surface area contributed by atoms with Gasteiger partial charge in [-0.15, -0.1) is 0 Å². The van der Waals surface area contributed by atoms with E-state index in [9.17, 15) is 4.79 Å². The number of carbonyl (C=O) groups is 1. The SMILES string of the molecule is CCc1ccc(C(=O)C2CC2c2ccc(C)cc2)cc1. The van der Waals surface area contributed by atoms with Crippen LogP contribution in [-0.2, 0) is 6.42 Å². The third-order valence-corrected chi connectivity index (χ3v) is 4.28. The van der Waals surface area contributed by atoms with Crippen LogP contribution in [0.25, 0.3) is 0 Å². The summed E-state index contributed by atoms with van der Waals surface area (Å²) in [6.45, 7) is 4.22. The molecule has 20 heavy (non-hydrogen) atoms. The van der Waals surface area contributed by atoms with Crippen molar-refractivity contribution in [2.24, 2.45) is 5.92 Å². The zero-order valence-corrected chi connectivity index (χ0v) is 12.1. The Bertz CT molecular complexity index is 607. The highest BCUT2D eigenvalue weighted by Crippen LogP contribution is 2.49. The Labute approximate surface area is 120 Å². The lowest BCUT2D eigenvalue weighted by Crippen LogP contribution is -2.03. The van der Waals surface area contributed by atoms with Crippen LogP contribution in [0.4, 0.5) is 0 Å². The molecule has 2 unspecified atom stereocenters. The van der Waals surface area contributed by atoms with E-state index in [0.29, 0.717) is 11.7 Å². The van der Waals surface area contributed by atoms with Crippen molar-refractivity contribution in [3.63, 3.8) is 0 Å². The Kier molecular flexibility index (Phi) is 3.43. The number of carbonyl (C=O) groups excluding carboxylic acids is 1. The normalized spacial score (nSPS) is 20.7. The third-order valence-electron chi connectivity index (χ3n) is 4.28. The molecule has 1 aliphatic carbocycles. The fourth-order valence-corrected chi connectivity index (χ4v) is 2.79. The van der Waals surface area contributed by atoms with Crippen LogP contribution in [0.3, 0.4) is 0 Å². The molecule has 0 N–H and O–H groups in total. The average molecular weight is 264 g/mol. The van der Waals surface area contributed by atoms with E-state index < -0.39 is 0 Å². The molecule has 1 aliphatic rings. The number of ketones is 1. The molecule has 1 saturated carbocycles. The molecule has 0 heterocycles. The van der Waals surface area contributed by atoms with Crippen LogP contribution >= 0.6 is 0 Å². The highest BCUT2D eigenvalue weighted by atomic mass is 16.1. The molecule has 2 aromatic rings. The van der Waals surface area contributed by atoms with Gasteiger partial charge in [0.05, 0.1) is 0 Å². The van der Waals surface area contributed by atoms with Crippen LogP contribution in [0.15, 0.2) is 48.5 Å². The largest absolute Gasteiger partial charge is 0.294 e. The van der Waals surface area contributed by atoms with Crippen LogP contribution < -0.4 is 0 Å². The molecule has 1 nitrogen and oxygen atoms in total. The Balaban J connectivity index is 1.71. The van der Waals surface area contributed by atoms with Crippen LogP contribution in [0.2, 0.25) is 0 Å². The summed E-state index contributed by atoms with van der Waals surface area (Å²) in [6, 6.07) is 16.7. The van der Waals surface area contributed by atoms with Gasteiger partial charge < -0.3 is 0 Å². The van der Waals surface area contributed by atoms with E-state index in [0.717, 1.165) is 18.4 Å². The molecule has 0 aliphatic heterocycles. The van der Waals surface area contributed by atoms with E-state index in [2.05, 4.69) is 50.2 Å².